The molecule has 0 amide bonds. The van der Waals surface area contributed by atoms with Crippen molar-refractivity contribution < 1.29 is 8.78 Å². The minimum absolute atomic E-state index is 0.155. The molecule has 0 saturated heterocycles. The van der Waals surface area contributed by atoms with Gasteiger partial charge in [-0.15, -0.1) is 5.10 Å². The molecule has 0 radical (unpaired) electrons. The lowest BCUT2D eigenvalue weighted by Gasteiger charge is -2.25. The molecule has 19 heavy (non-hydrogen) atoms. The van der Waals surface area contributed by atoms with E-state index in [0.29, 0.717) is 13.0 Å². The van der Waals surface area contributed by atoms with E-state index in [1.807, 2.05) is 0 Å². The molecule has 5 N–H and O–H groups in total. The fourth-order valence-corrected chi connectivity index (χ4v) is 1.73. The summed E-state index contributed by atoms with van der Waals surface area (Å²) < 4.78 is 27.0. The molecule has 1 aromatic carbocycles. The first-order valence-corrected chi connectivity index (χ1v) is 5.90. The average Bonchev–Trinajstić information content (AvgIpc) is 2.33. The van der Waals surface area contributed by atoms with Crippen molar-refractivity contribution in [1.82, 2.24) is 10.4 Å². The summed E-state index contributed by atoms with van der Waals surface area (Å²) in [4.78, 5) is 0. The van der Waals surface area contributed by atoms with Crippen molar-refractivity contribution in [3.63, 3.8) is 0 Å². The number of halogens is 2. The van der Waals surface area contributed by atoms with E-state index in [1.54, 1.807) is 14.0 Å². The highest BCUT2D eigenvalue weighted by molar-refractivity contribution is 5.77. The van der Waals surface area contributed by atoms with E-state index in [2.05, 4.69) is 10.4 Å². The topological polar surface area (TPSA) is 79.7 Å². The molecule has 1 atom stereocenters. The minimum atomic E-state index is -0.596. The van der Waals surface area contributed by atoms with Crippen molar-refractivity contribution in [2.75, 3.05) is 13.6 Å². The normalized spacial score (nSPS) is 13.4. The maximum Gasteiger partial charge on any atom is 0.128 e. The zero-order valence-corrected chi connectivity index (χ0v) is 11.0. The van der Waals surface area contributed by atoms with Crippen LogP contribution in [0.5, 0.6) is 0 Å². The van der Waals surface area contributed by atoms with E-state index >= 15 is 0 Å². The quantitative estimate of drug-likeness (QED) is 0.313. The van der Waals surface area contributed by atoms with Crippen LogP contribution in [0.3, 0.4) is 0 Å². The third kappa shape index (κ3) is 4.46. The number of hydrogen-bond donors (Lipinski definition) is 3. The fourth-order valence-electron chi connectivity index (χ4n) is 1.73. The molecule has 0 fully saturated rings. The van der Waals surface area contributed by atoms with Gasteiger partial charge < -0.3 is 11.1 Å². The van der Waals surface area contributed by atoms with E-state index in [4.69, 9.17) is 11.6 Å². The van der Waals surface area contributed by atoms with E-state index in [-0.39, 0.29) is 11.4 Å². The molecule has 0 spiro atoms. The molecule has 7 heteroatoms. The van der Waals surface area contributed by atoms with Crippen LogP contribution in [0, 0.1) is 11.6 Å². The molecule has 0 aromatic heterocycles. The van der Waals surface area contributed by atoms with E-state index in [1.165, 1.54) is 0 Å². The molecule has 0 aliphatic heterocycles. The predicted octanol–water partition coefficient (Wildman–Crippen LogP) is 1.08. The van der Waals surface area contributed by atoms with Crippen molar-refractivity contribution in [3.8, 4) is 0 Å². The summed E-state index contributed by atoms with van der Waals surface area (Å²) in [6, 6.07) is 2.66. The highest BCUT2D eigenvalue weighted by Crippen LogP contribution is 2.25. The number of benzene rings is 1. The fraction of sp³-hybridized carbons (Fsp3) is 0.417. The predicted molar refractivity (Wildman–Crippen MR) is 71.0 cm³/mol. The first kappa shape index (κ1) is 15.3. The molecule has 1 unspecified atom stereocenters. The number of hydrazone groups is 1. The van der Waals surface area contributed by atoms with Gasteiger partial charge in [0, 0.05) is 5.56 Å². The molecule has 1 aromatic rings. The summed E-state index contributed by atoms with van der Waals surface area (Å²) in [5.41, 5.74) is 5.61. The van der Waals surface area contributed by atoms with Crippen LogP contribution in [-0.4, -0.2) is 24.5 Å². The lowest BCUT2D eigenvalue weighted by Crippen LogP contribution is -2.34. The first-order valence-electron chi connectivity index (χ1n) is 5.90. The van der Waals surface area contributed by atoms with E-state index < -0.39 is 17.7 Å². The number of nitrogens with two attached hydrogens (primary N) is 2. The number of nitrogens with one attached hydrogen (secondary N) is 1. The van der Waals surface area contributed by atoms with Crippen molar-refractivity contribution in [2.45, 2.75) is 19.4 Å². The largest absolute Gasteiger partial charge is 0.386 e. The molecule has 0 bridgehead atoms. The van der Waals surface area contributed by atoms with Crippen LogP contribution in [0.1, 0.15) is 24.9 Å². The Hall–Kier alpha value is -1.73. The Labute approximate surface area is 111 Å². The van der Waals surface area contributed by atoms with Gasteiger partial charge in [0.2, 0.25) is 0 Å². The summed E-state index contributed by atoms with van der Waals surface area (Å²) >= 11 is 0. The Morgan fingerprint density at radius 1 is 1.47 bits per heavy atom. The second-order valence-electron chi connectivity index (χ2n) is 4.20. The summed E-state index contributed by atoms with van der Waals surface area (Å²) in [6.07, 6.45) is 0.462. The summed E-state index contributed by atoms with van der Waals surface area (Å²) in [7, 11) is 1.76. The second-order valence-corrected chi connectivity index (χ2v) is 4.20. The van der Waals surface area contributed by atoms with Crippen LogP contribution >= 0.6 is 0 Å². The van der Waals surface area contributed by atoms with Crippen LogP contribution in [0.2, 0.25) is 0 Å². The van der Waals surface area contributed by atoms with Gasteiger partial charge in [0.25, 0.3) is 0 Å². The van der Waals surface area contributed by atoms with Gasteiger partial charge in [-0.2, -0.15) is 0 Å². The van der Waals surface area contributed by atoms with Crippen molar-refractivity contribution in [1.29, 1.82) is 0 Å². The van der Waals surface area contributed by atoms with Crippen LogP contribution < -0.4 is 16.9 Å². The van der Waals surface area contributed by atoms with Gasteiger partial charge in [0.15, 0.2) is 0 Å². The number of rotatable bonds is 6. The molecule has 0 saturated carbocycles. The third-order valence-electron chi connectivity index (χ3n) is 2.58. The van der Waals surface area contributed by atoms with Gasteiger partial charge in [-0.05, 0) is 45.1 Å². The molecular formula is C12H19F2N5. The highest BCUT2D eigenvalue weighted by Gasteiger charge is 2.21. The Kier molecular flexibility index (Phi) is 5.65. The zero-order chi connectivity index (χ0) is 14.4. The van der Waals surface area contributed by atoms with Gasteiger partial charge in [0.1, 0.15) is 17.5 Å². The highest BCUT2D eigenvalue weighted by atomic mass is 19.1. The number of hydrazine groups is 1. The molecule has 5 nitrogen and oxygen atoms in total. The zero-order valence-electron chi connectivity index (χ0n) is 11.0. The first-order chi connectivity index (χ1) is 8.95. The van der Waals surface area contributed by atoms with Gasteiger partial charge in [-0.1, -0.05) is 0 Å². The summed E-state index contributed by atoms with van der Waals surface area (Å²) in [6.45, 7) is 2.14. The molecule has 0 aliphatic rings. The van der Waals surface area contributed by atoms with Gasteiger partial charge in [-0.3, -0.25) is 0 Å². The van der Waals surface area contributed by atoms with Crippen molar-refractivity contribution in [3.05, 3.63) is 35.4 Å². The smallest absolute Gasteiger partial charge is 0.128 e. The summed E-state index contributed by atoms with van der Waals surface area (Å²) in [5, 5.41) is 7.86. The van der Waals surface area contributed by atoms with Gasteiger partial charge in [0.05, 0.1) is 6.04 Å². The standard InChI is InChI=1S/C12H19F2N5/c1-8(15)18-19(16)12(5-6-17-2)10-7-9(13)3-4-11(10)14/h3-4,7,12,17H,5-6,16H2,1-2H3,(H2,15,18). The third-order valence-corrected chi connectivity index (χ3v) is 2.58. The Bertz CT molecular complexity index is 446. The van der Waals surface area contributed by atoms with Crippen LogP contribution in [0.25, 0.3) is 0 Å². The minimum Gasteiger partial charge on any atom is -0.386 e. The maximum absolute atomic E-state index is 13.8. The van der Waals surface area contributed by atoms with Crippen LogP contribution in [0.15, 0.2) is 23.3 Å². The second kappa shape index (κ2) is 7.01. The molecule has 106 valence electrons. The van der Waals surface area contributed by atoms with Crippen LogP contribution in [0.4, 0.5) is 8.78 Å². The Balaban J connectivity index is 3.08. The Morgan fingerprint density at radius 3 is 2.74 bits per heavy atom. The van der Waals surface area contributed by atoms with Crippen molar-refractivity contribution in [2.24, 2.45) is 16.7 Å². The van der Waals surface area contributed by atoms with E-state index in [9.17, 15) is 8.78 Å². The number of nitrogens with zero attached hydrogens (tertiary/aromatic N) is 2. The lowest BCUT2D eigenvalue weighted by molar-refractivity contribution is 0.195. The SMILES string of the molecule is CNCCC(c1cc(F)ccc1F)N(N)/N=C(/C)N. The molecule has 0 heterocycles. The number of amidine groups is 1. The summed E-state index contributed by atoms with van der Waals surface area (Å²) in [5.74, 6) is 4.96. The Morgan fingerprint density at radius 2 is 2.16 bits per heavy atom. The monoisotopic (exact) mass is 271 g/mol. The molecule has 1 rings (SSSR count). The van der Waals surface area contributed by atoms with E-state index in [0.717, 1.165) is 23.3 Å². The molecule has 0 aliphatic carbocycles. The van der Waals surface area contributed by atoms with Crippen LogP contribution in [-0.2, 0) is 0 Å². The molecular weight excluding hydrogens is 252 g/mol. The van der Waals surface area contributed by atoms with Gasteiger partial charge in [-0.25, -0.2) is 19.7 Å². The van der Waals surface area contributed by atoms with Crippen molar-refractivity contribution >= 4 is 5.84 Å². The maximum atomic E-state index is 13.8. The number of hydrogen-bond acceptors (Lipinski definition) is 4. The lowest BCUT2D eigenvalue weighted by atomic mass is 10.0. The average molecular weight is 271 g/mol. The van der Waals surface area contributed by atoms with Gasteiger partial charge >= 0.3 is 0 Å².